The maximum absolute atomic E-state index is 15.5. The zero-order chi connectivity index (χ0) is 49.7. The Kier molecular flexibility index (Phi) is 18.5. The lowest BCUT2D eigenvalue weighted by molar-refractivity contribution is -0.757. The summed E-state index contributed by atoms with van der Waals surface area (Å²) in [6.45, 7) is 4.81. The molecule has 69 heavy (non-hydrogen) atoms. The molecule has 1 aliphatic heterocycles. The number of unbranched alkanes of at least 4 members (excludes halogenated alkanes) is 2. The van der Waals surface area contributed by atoms with Gasteiger partial charge in [0.05, 0.1) is 52.1 Å². The maximum atomic E-state index is 15.5. The van der Waals surface area contributed by atoms with Crippen molar-refractivity contribution in [3.8, 4) is 11.5 Å². The van der Waals surface area contributed by atoms with Gasteiger partial charge in [-0.1, -0.05) is 54.9 Å². The number of ether oxygens (including phenoxy) is 4. The number of hydrogen-bond acceptors (Lipinski definition) is 13. The molecule has 6 unspecified atom stereocenters. The first-order valence-electron chi connectivity index (χ1n) is 23.3. The molecule has 18 nitrogen and oxygen atoms in total. The van der Waals surface area contributed by atoms with E-state index >= 15 is 4.79 Å². The molecule has 1 N–H and O–H groups in total. The number of alkyl carbamates (subject to hydrolysis) is 1. The van der Waals surface area contributed by atoms with Gasteiger partial charge in [-0.25, -0.2) is 18.4 Å². The largest absolute Gasteiger partial charge is 0.496 e. The molecule has 1 heterocycles. The number of carbonyl (C=O) groups excluding carboxylic acids is 3. The van der Waals surface area contributed by atoms with Crippen LogP contribution in [0.5, 0.6) is 11.5 Å². The van der Waals surface area contributed by atoms with Crippen LogP contribution in [0, 0.1) is 56.0 Å². The van der Waals surface area contributed by atoms with E-state index in [1.54, 1.807) is 12.0 Å². The summed E-state index contributed by atoms with van der Waals surface area (Å²) in [4.78, 5) is 75.9. The van der Waals surface area contributed by atoms with Crippen LogP contribution in [0.25, 0.3) is 0 Å². The maximum Gasteiger partial charge on any atom is 0.410 e. The third kappa shape index (κ3) is 12.9. The zero-order valence-corrected chi connectivity index (χ0v) is 39.8. The highest BCUT2D eigenvalue weighted by Gasteiger charge is 2.74. The van der Waals surface area contributed by atoms with Gasteiger partial charge in [0.15, 0.2) is 11.6 Å². The number of benzene rings is 3. The van der Waals surface area contributed by atoms with E-state index in [0.717, 1.165) is 40.1 Å². The Hall–Kier alpha value is -6.18. The van der Waals surface area contributed by atoms with Crippen molar-refractivity contribution in [1.29, 1.82) is 0 Å². The Morgan fingerprint density at radius 2 is 1.52 bits per heavy atom. The second-order valence-corrected chi connectivity index (χ2v) is 18.2. The summed E-state index contributed by atoms with van der Waals surface area (Å²) in [5.74, 6) is -2.37. The summed E-state index contributed by atoms with van der Waals surface area (Å²) in [5.41, 5.74) is 3.19. The van der Waals surface area contributed by atoms with Gasteiger partial charge in [0.25, 0.3) is 10.2 Å². The fraction of sp³-hybridized carbons (Fsp3) is 0.562. The second-order valence-electron chi connectivity index (χ2n) is 17.8. The average Bonchev–Trinajstić information content (AvgIpc) is 3.77. The van der Waals surface area contributed by atoms with E-state index in [1.807, 2.05) is 61.2 Å². The van der Waals surface area contributed by atoms with Crippen LogP contribution in [0.3, 0.4) is 0 Å². The van der Waals surface area contributed by atoms with Crippen LogP contribution in [0.15, 0.2) is 54.6 Å². The van der Waals surface area contributed by atoms with Gasteiger partial charge >= 0.3 is 12.2 Å². The lowest BCUT2D eigenvalue weighted by Crippen LogP contribution is -2.71. The van der Waals surface area contributed by atoms with Gasteiger partial charge in [0, 0.05) is 31.1 Å². The van der Waals surface area contributed by atoms with E-state index in [1.165, 1.54) is 0 Å². The monoisotopic (exact) mass is 987 g/mol. The molecular weight excluding hydrogens is 928 g/mol. The molecule has 3 fully saturated rings. The number of nitrogens with one attached hydrogen (secondary N) is 1. The number of halogens is 3. The summed E-state index contributed by atoms with van der Waals surface area (Å²) in [5, 5.41) is 21.8. The number of amides is 3. The minimum Gasteiger partial charge on any atom is -0.496 e. The van der Waals surface area contributed by atoms with Crippen LogP contribution >= 0.6 is 11.6 Å². The number of rotatable bonds is 26. The van der Waals surface area contributed by atoms with E-state index in [0.29, 0.717) is 70.9 Å². The third-order valence-electron chi connectivity index (χ3n) is 13.4. The molecule has 1 spiro atoms. The standard InChI is InChI=1S/C48H60ClF2N5O13/c1-4-19-53(30-33-13-18-39(64-3)31(2)25-33)45(57)41-36(35-14-11-32(12-15-35)10-9-22-65-43-38(51)17-16-37(50)42(43)49)28-48-27-34(29-52-46(58)66-20-5-7-23-68-55(60)61)26-40(48)54(44(41)48)47(59)67-21-6-8-24-69-56(62)63/h11-18,25,34,36,40-41,44H,4-10,19-24,26-30H2,1-3H3,(H,52,58). The summed E-state index contributed by atoms with van der Waals surface area (Å²) in [6.07, 6.45) is 3.44. The minimum atomic E-state index is -0.877. The third-order valence-corrected chi connectivity index (χ3v) is 13.7. The average molecular weight is 988 g/mol. The number of aryl methyl sites for hydroxylation is 2. The highest BCUT2D eigenvalue weighted by atomic mass is 35.5. The fourth-order valence-electron chi connectivity index (χ4n) is 10.5. The molecule has 0 bridgehead atoms. The molecule has 21 heteroatoms. The molecule has 6 atom stereocenters. The lowest BCUT2D eigenvalue weighted by Gasteiger charge is -2.58. The van der Waals surface area contributed by atoms with E-state index in [-0.39, 0.29) is 75.5 Å². The van der Waals surface area contributed by atoms with Gasteiger partial charge in [-0.3, -0.25) is 4.79 Å². The van der Waals surface area contributed by atoms with Gasteiger partial charge in [-0.05, 0) is 123 Å². The van der Waals surface area contributed by atoms with Crippen LogP contribution in [0.1, 0.15) is 92.9 Å². The van der Waals surface area contributed by atoms with Crippen molar-refractivity contribution in [2.75, 3.05) is 53.2 Å². The van der Waals surface area contributed by atoms with Crippen molar-refractivity contribution >= 4 is 29.7 Å². The fourth-order valence-corrected chi connectivity index (χ4v) is 10.7. The number of carbonyl (C=O) groups is 3. The molecule has 6 rings (SSSR count). The molecule has 3 aromatic carbocycles. The smallest absolute Gasteiger partial charge is 0.410 e. The van der Waals surface area contributed by atoms with E-state index in [2.05, 4.69) is 15.0 Å². The molecule has 0 aromatic heterocycles. The van der Waals surface area contributed by atoms with Crippen LogP contribution in [-0.2, 0) is 36.9 Å². The quantitative estimate of drug-likeness (QED) is 0.0345. The van der Waals surface area contributed by atoms with Crippen LogP contribution in [0.4, 0.5) is 18.4 Å². The first-order valence-corrected chi connectivity index (χ1v) is 23.7. The molecule has 1 saturated heterocycles. The molecule has 376 valence electrons. The van der Waals surface area contributed by atoms with Crippen LogP contribution in [0.2, 0.25) is 5.02 Å². The molecule has 0 radical (unpaired) electrons. The lowest BCUT2D eigenvalue weighted by atomic mass is 9.66. The van der Waals surface area contributed by atoms with Crippen LogP contribution in [-0.4, -0.2) is 103 Å². The Morgan fingerprint density at radius 1 is 0.870 bits per heavy atom. The topological polar surface area (TPSA) is 211 Å². The molecule has 3 amide bonds. The number of nitrogens with zero attached hydrogens (tertiary/aromatic N) is 4. The molecule has 3 aliphatic rings. The van der Waals surface area contributed by atoms with Crippen molar-refractivity contribution in [2.45, 2.75) is 103 Å². The van der Waals surface area contributed by atoms with Crippen molar-refractivity contribution in [3.63, 3.8) is 0 Å². The summed E-state index contributed by atoms with van der Waals surface area (Å²) >= 11 is 5.94. The first kappa shape index (κ1) is 52.2. The van der Waals surface area contributed by atoms with E-state index < -0.39 is 56.4 Å². The zero-order valence-electron chi connectivity index (χ0n) is 39.0. The van der Waals surface area contributed by atoms with Crippen molar-refractivity contribution in [1.82, 2.24) is 15.1 Å². The predicted molar refractivity (Wildman–Crippen MR) is 246 cm³/mol. The van der Waals surface area contributed by atoms with Gasteiger partial charge in [-0.15, -0.1) is 20.2 Å². The molecular formula is C48H60ClF2N5O13. The van der Waals surface area contributed by atoms with E-state index in [9.17, 15) is 38.6 Å². The molecule has 2 saturated carbocycles. The highest BCUT2D eigenvalue weighted by molar-refractivity contribution is 6.32. The summed E-state index contributed by atoms with van der Waals surface area (Å²) in [7, 11) is 1.60. The Morgan fingerprint density at radius 3 is 2.17 bits per heavy atom. The number of hydrogen-bond donors (Lipinski definition) is 1. The van der Waals surface area contributed by atoms with Crippen molar-refractivity contribution in [2.24, 2.45) is 17.3 Å². The van der Waals surface area contributed by atoms with Gasteiger partial charge in [-0.2, -0.15) is 0 Å². The minimum absolute atomic E-state index is 0.0185. The normalized spacial score (nSPS) is 21.0. The first-order chi connectivity index (χ1) is 33.2. The van der Waals surface area contributed by atoms with Gasteiger partial charge in [0.1, 0.15) is 16.6 Å². The Balaban J connectivity index is 1.25. The highest BCUT2D eigenvalue weighted by Crippen LogP contribution is 2.69. The molecule has 3 aromatic rings. The van der Waals surface area contributed by atoms with E-state index in [4.69, 9.17) is 30.5 Å². The predicted octanol–water partition coefficient (Wildman–Crippen LogP) is 8.78. The van der Waals surface area contributed by atoms with Crippen LogP contribution < -0.4 is 14.8 Å². The van der Waals surface area contributed by atoms with Gasteiger partial charge in [0.2, 0.25) is 5.91 Å². The summed E-state index contributed by atoms with van der Waals surface area (Å²) < 4.78 is 50.5. The summed E-state index contributed by atoms with van der Waals surface area (Å²) in [6, 6.07) is 14.8. The Labute approximate surface area is 404 Å². The molecule has 2 aliphatic carbocycles. The SMILES string of the molecule is CCCN(Cc1ccc(OC)c(C)c1)C(=O)C1C(c2ccc(CCCOc3c(F)ccc(F)c3Cl)cc2)CC23CC(CNC(=O)OCCCCO[N+](=O)[O-])CC2N(C(=O)OCCCCO[N+](=O)[O-])C13. The van der Waals surface area contributed by atoms with Crippen molar-refractivity contribution in [3.05, 3.63) is 114 Å². The number of likely N-dealkylation sites (tertiary alicyclic amines) is 1. The van der Waals surface area contributed by atoms with Gasteiger partial charge < -0.3 is 43.7 Å². The second kappa shape index (κ2) is 24.4. The number of methoxy groups -OCH3 is 1. The Bertz CT molecular complexity index is 2280. The van der Waals surface area contributed by atoms with Crippen molar-refractivity contribution < 1.29 is 62.0 Å².